The lowest BCUT2D eigenvalue weighted by Crippen LogP contribution is -2.59. The smallest absolute Gasteiger partial charge is 0.108 e. The summed E-state index contributed by atoms with van der Waals surface area (Å²) in [4.78, 5) is 0. The number of hydrogen-bond donors (Lipinski definition) is 4. The Kier molecular flexibility index (Phi) is 11.5. The minimum atomic E-state index is -1.01. The Bertz CT molecular complexity index is 224. The van der Waals surface area contributed by atoms with Crippen molar-refractivity contribution in [2.24, 2.45) is 0 Å². The van der Waals surface area contributed by atoms with Gasteiger partial charge in [0.05, 0.1) is 12.2 Å². The molecule has 116 valence electrons. The molecular weight excluding hydrogens is 286 g/mol. The van der Waals surface area contributed by atoms with Crippen molar-refractivity contribution in [3.63, 3.8) is 0 Å². The first-order valence-corrected chi connectivity index (χ1v) is 8.17. The summed E-state index contributed by atoms with van der Waals surface area (Å²) in [5, 5.41) is 31.8. The molecule has 1 fully saturated rings. The molecule has 0 radical (unpaired) electrons. The molecule has 1 aliphatic rings. The van der Waals surface area contributed by atoms with Crippen LogP contribution in [0.4, 0.5) is 0 Å². The highest BCUT2D eigenvalue weighted by molar-refractivity contribution is 7.99. The van der Waals surface area contributed by atoms with E-state index in [1.54, 1.807) is 0 Å². The van der Waals surface area contributed by atoms with Crippen molar-refractivity contribution < 1.29 is 15.3 Å². The fraction of sp³-hybridized carbons (Fsp3) is 1.00. The van der Waals surface area contributed by atoms with Crippen LogP contribution in [0, 0.1) is 0 Å². The van der Waals surface area contributed by atoms with Crippen LogP contribution in [0.2, 0.25) is 0 Å². The van der Waals surface area contributed by atoms with Gasteiger partial charge in [-0.3, -0.25) is 0 Å². The Morgan fingerprint density at radius 1 is 1.05 bits per heavy atom. The van der Waals surface area contributed by atoms with Gasteiger partial charge in [0.25, 0.3) is 0 Å². The molecule has 0 saturated carbocycles. The number of unbranched alkanes of at least 4 members (excludes halogenated alkanes) is 3. The average molecular weight is 314 g/mol. The second kappa shape index (κ2) is 11.2. The number of nitrogens with one attached hydrogen (secondary N) is 1. The van der Waals surface area contributed by atoms with E-state index in [-0.39, 0.29) is 18.4 Å². The average Bonchev–Trinajstić information content (AvgIpc) is 2.37. The zero-order chi connectivity index (χ0) is 13.4. The number of thioether (sulfide) groups is 1. The quantitative estimate of drug-likeness (QED) is 0.506. The van der Waals surface area contributed by atoms with Crippen molar-refractivity contribution in [2.75, 3.05) is 18.1 Å². The molecule has 0 aromatic rings. The number of aliphatic hydroxyl groups excluding tert-OH is 3. The van der Waals surface area contributed by atoms with Gasteiger partial charge in [-0.25, -0.2) is 0 Å². The highest BCUT2D eigenvalue weighted by Crippen LogP contribution is 2.16. The van der Waals surface area contributed by atoms with Gasteiger partial charge < -0.3 is 20.6 Å². The van der Waals surface area contributed by atoms with Crippen molar-refractivity contribution >= 4 is 24.2 Å². The summed E-state index contributed by atoms with van der Waals surface area (Å²) in [5.41, 5.74) is 0. The molecule has 1 saturated heterocycles. The molecule has 6 heteroatoms. The Morgan fingerprint density at radius 3 is 2.47 bits per heavy atom. The first-order valence-electron chi connectivity index (χ1n) is 7.02. The van der Waals surface area contributed by atoms with Crippen LogP contribution >= 0.6 is 24.2 Å². The van der Waals surface area contributed by atoms with E-state index in [1.807, 2.05) is 11.8 Å². The van der Waals surface area contributed by atoms with Crippen LogP contribution in [0.5, 0.6) is 0 Å². The second-order valence-corrected chi connectivity index (χ2v) is 6.25. The van der Waals surface area contributed by atoms with Crippen LogP contribution in [0.25, 0.3) is 0 Å². The fourth-order valence-electron chi connectivity index (χ4n) is 2.20. The van der Waals surface area contributed by atoms with E-state index in [2.05, 4.69) is 12.2 Å². The van der Waals surface area contributed by atoms with Crippen LogP contribution in [-0.4, -0.2) is 57.7 Å². The van der Waals surface area contributed by atoms with Crippen LogP contribution in [0.3, 0.4) is 0 Å². The molecule has 4 N–H and O–H groups in total. The lowest BCUT2D eigenvalue weighted by Gasteiger charge is -2.36. The molecular formula is C13H28ClNO3S. The van der Waals surface area contributed by atoms with Gasteiger partial charge in [0.1, 0.15) is 6.10 Å². The van der Waals surface area contributed by atoms with E-state index < -0.39 is 18.3 Å². The first kappa shape index (κ1) is 19.5. The minimum absolute atomic E-state index is 0. The summed E-state index contributed by atoms with van der Waals surface area (Å²) in [6, 6.07) is -0.0912. The predicted molar refractivity (Wildman–Crippen MR) is 83.1 cm³/mol. The van der Waals surface area contributed by atoms with E-state index in [0.717, 1.165) is 12.2 Å². The third kappa shape index (κ3) is 7.16. The van der Waals surface area contributed by atoms with E-state index >= 15 is 0 Å². The third-order valence-electron chi connectivity index (χ3n) is 3.46. The Hall–Kier alpha value is 0.480. The van der Waals surface area contributed by atoms with Crippen molar-refractivity contribution in [3.8, 4) is 0 Å². The summed E-state index contributed by atoms with van der Waals surface area (Å²) in [6.07, 6.45) is 3.28. The van der Waals surface area contributed by atoms with Crippen molar-refractivity contribution in [2.45, 2.75) is 63.4 Å². The van der Waals surface area contributed by atoms with Gasteiger partial charge in [-0.1, -0.05) is 26.2 Å². The minimum Gasteiger partial charge on any atom is -0.389 e. The molecule has 4 atom stereocenters. The summed E-state index contributed by atoms with van der Waals surface area (Å²) in [7, 11) is 0. The Balaban J connectivity index is 0.00000324. The van der Waals surface area contributed by atoms with Crippen molar-refractivity contribution in [1.29, 1.82) is 0 Å². The topological polar surface area (TPSA) is 72.7 Å². The number of β-amino-alcohol motifs (C(OH)–C–C–N with tert-alkyl or cyclic N) is 1. The Morgan fingerprint density at radius 2 is 1.79 bits per heavy atom. The van der Waals surface area contributed by atoms with Crippen LogP contribution < -0.4 is 5.32 Å². The summed E-state index contributed by atoms with van der Waals surface area (Å²) < 4.78 is 0. The fourth-order valence-corrected chi connectivity index (χ4v) is 3.23. The third-order valence-corrected chi connectivity index (χ3v) is 4.56. The molecule has 1 heterocycles. The molecule has 1 aliphatic heterocycles. The van der Waals surface area contributed by atoms with E-state index in [9.17, 15) is 15.3 Å². The van der Waals surface area contributed by atoms with Crippen molar-refractivity contribution in [3.05, 3.63) is 0 Å². The molecule has 19 heavy (non-hydrogen) atoms. The Labute approximate surface area is 126 Å². The molecule has 0 amide bonds. The molecule has 0 unspecified atom stereocenters. The largest absolute Gasteiger partial charge is 0.389 e. The monoisotopic (exact) mass is 313 g/mol. The predicted octanol–water partition coefficient (Wildman–Crippen LogP) is 1.17. The van der Waals surface area contributed by atoms with Crippen LogP contribution in [-0.2, 0) is 0 Å². The maximum atomic E-state index is 9.80. The number of rotatable bonds is 8. The highest BCUT2D eigenvalue weighted by Gasteiger charge is 2.35. The standard InChI is InChI=1S/C13H27NO3S.ClH/c1-2-3-4-5-7-18-8-6-10-12(16)13(17)11(15)9-14-10;/h10-17H,2-9H2,1H3;1H/t10-,11-,12+,13+;/m1./s1. The number of halogens is 1. The van der Waals surface area contributed by atoms with Crippen LogP contribution in [0.1, 0.15) is 39.0 Å². The normalized spacial score (nSPS) is 30.9. The van der Waals surface area contributed by atoms with E-state index in [4.69, 9.17) is 0 Å². The summed E-state index contributed by atoms with van der Waals surface area (Å²) in [6.45, 7) is 2.58. The molecule has 0 spiro atoms. The maximum Gasteiger partial charge on any atom is 0.108 e. The lowest BCUT2D eigenvalue weighted by atomic mass is 9.94. The van der Waals surface area contributed by atoms with Gasteiger partial charge in [-0.15, -0.1) is 12.4 Å². The summed E-state index contributed by atoms with van der Waals surface area (Å²) >= 11 is 1.91. The highest BCUT2D eigenvalue weighted by atomic mass is 35.5. The van der Waals surface area contributed by atoms with Gasteiger partial charge in [-0.2, -0.15) is 11.8 Å². The molecule has 4 nitrogen and oxygen atoms in total. The maximum absolute atomic E-state index is 9.80. The zero-order valence-corrected chi connectivity index (χ0v) is 13.3. The van der Waals surface area contributed by atoms with Gasteiger partial charge in [0.2, 0.25) is 0 Å². The van der Waals surface area contributed by atoms with Gasteiger partial charge in [0, 0.05) is 12.6 Å². The first-order chi connectivity index (χ1) is 8.66. The molecule has 0 aromatic carbocycles. The lowest BCUT2D eigenvalue weighted by molar-refractivity contribution is -0.0941. The number of piperidine rings is 1. The SMILES string of the molecule is CCCCCCSCC[C@H]1NC[C@@H](O)[C@H](O)[C@H]1O.Cl. The molecule has 0 bridgehead atoms. The van der Waals surface area contributed by atoms with Gasteiger partial charge in [-0.05, 0) is 24.3 Å². The van der Waals surface area contributed by atoms with E-state index in [0.29, 0.717) is 6.54 Å². The molecule has 0 aliphatic carbocycles. The second-order valence-electron chi connectivity index (χ2n) is 5.02. The number of hydrogen-bond acceptors (Lipinski definition) is 5. The summed E-state index contributed by atoms with van der Waals surface area (Å²) in [5.74, 6) is 2.16. The number of aliphatic hydroxyl groups is 3. The molecule has 1 rings (SSSR count). The zero-order valence-electron chi connectivity index (χ0n) is 11.6. The van der Waals surface area contributed by atoms with Crippen molar-refractivity contribution in [1.82, 2.24) is 5.32 Å². The van der Waals surface area contributed by atoms with Gasteiger partial charge >= 0.3 is 0 Å². The van der Waals surface area contributed by atoms with Crippen LogP contribution in [0.15, 0.2) is 0 Å². The molecule has 0 aromatic heterocycles. The van der Waals surface area contributed by atoms with Gasteiger partial charge in [0.15, 0.2) is 0 Å². The van der Waals surface area contributed by atoms with E-state index in [1.165, 1.54) is 31.4 Å².